The Balaban J connectivity index is 2.93. The lowest BCUT2D eigenvalue weighted by molar-refractivity contribution is 0.0774. The molecule has 17 heavy (non-hydrogen) atoms. The number of hydrogen-bond acceptors (Lipinski definition) is 3. The minimum absolute atomic E-state index is 0.0964. The summed E-state index contributed by atoms with van der Waals surface area (Å²) in [5, 5.41) is 3.59. The summed E-state index contributed by atoms with van der Waals surface area (Å²) in [6.07, 6.45) is 5.64. The lowest BCUT2D eigenvalue weighted by Gasteiger charge is -2.44. The van der Waals surface area contributed by atoms with E-state index in [1.807, 2.05) is 0 Å². The van der Waals surface area contributed by atoms with Crippen molar-refractivity contribution in [1.82, 2.24) is 10.2 Å². The van der Waals surface area contributed by atoms with Crippen LogP contribution < -0.4 is 5.32 Å². The fraction of sp³-hybridized carbons (Fsp3) is 0.857. The molecule has 0 aromatic rings. The largest absolute Gasteiger partial charge is 0.497 e. The van der Waals surface area contributed by atoms with Crippen LogP contribution in [0.1, 0.15) is 40.0 Å². The van der Waals surface area contributed by atoms with E-state index in [1.54, 1.807) is 0 Å². The molecule has 0 spiro atoms. The van der Waals surface area contributed by atoms with Gasteiger partial charge in [-0.3, -0.25) is 0 Å². The normalized spacial score (nSPS) is 21.6. The second-order valence-electron chi connectivity index (χ2n) is 5.19. The molecule has 1 heterocycles. The van der Waals surface area contributed by atoms with E-state index < -0.39 is 0 Å². The van der Waals surface area contributed by atoms with Gasteiger partial charge in [-0.1, -0.05) is 13.8 Å². The molecule has 1 rings (SSSR count). The van der Waals surface area contributed by atoms with Gasteiger partial charge < -0.3 is 15.0 Å². The summed E-state index contributed by atoms with van der Waals surface area (Å²) >= 11 is 0. The lowest BCUT2D eigenvalue weighted by atomic mass is 9.85. The smallest absolute Gasteiger partial charge is 0.111 e. The van der Waals surface area contributed by atoms with Gasteiger partial charge in [0.05, 0.1) is 12.6 Å². The predicted molar refractivity (Wildman–Crippen MR) is 73.1 cm³/mol. The Bertz CT molecular complexity index is 263. The van der Waals surface area contributed by atoms with Crippen molar-refractivity contribution in [1.29, 1.82) is 0 Å². The molecule has 1 aliphatic rings. The van der Waals surface area contributed by atoms with Gasteiger partial charge in [-0.05, 0) is 52.9 Å². The van der Waals surface area contributed by atoms with Gasteiger partial charge in [-0.15, -0.1) is 0 Å². The molecule has 1 N–H and O–H groups in total. The van der Waals surface area contributed by atoms with E-state index in [2.05, 4.69) is 51.2 Å². The number of nitrogens with one attached hydrogen (secondary N) is 1. The Hall–Kier alpha value is -0.540. The summed E-state index contributed by atoms with van der Waals surface area (Å²) in [5.41, 5.74) is 0.0964. The second-order valence-corrected chi connectivity index (χ2v) is 5.19. The molecule has 2 atom stereocenters. The Labute approximate surface area is 106 Å². The Morgan fingerprint density at radius 3 is 2.59 bits per heavy atom. The molecule has 100 valence electrons. The zero-order chi connectivity index (χ0) is 12.9. The van der Waals surface area contributed by atoms with Gasteiger partial charge >= 0.3 is 0 Å². The predicted octanol–water partition coefficient (Wildman–Crippen LogP) is 2.39. The van der Waals surface area contributed by atoms with E-state index in [0.29, 0.717) is 0 Å². The van der Waals surface area contributed by atoms with Gasteiger partial charge in [0, 0.05) is 5.54 Å². The number of nitrogens with zero attached hydrogens (tertiary/aromatic N) is 1. The molecule has 0 radical (unpaired) electrons. The summed E-state index contributed by atoms with van der Waals surface area (Å²) in [4.78, 5) is 2.30. The van der Waals surface area contributed by atoms with Crippen LogP contribution in [0.25, 0.3) is 0 Å². The average Bonchev–Trinajstić information content (AvgIpc) is 2.36. The van der Waals surface area contributed by atoms with Crippen molar-refractivity contribution in [2.45, 2.75) is 51.6 Å². The maximum atomic E-state index is 5.86. The van der Waals surface area contributed by atoms with Gasteiger partial charge in [0.15, 0.2) is 0 Å². The van der Waals surface area contributed by atoms with Crippen molar-refractivity contribution in [2.24, 2.45) is 0 Å². The summed E-state index contributed by atoms with van der Waals surface area (Å²) in [7, 11) is 4.30. The quantitative estimate of drug-likeness (QED) is 0.771. The van der Waals surface area contributed by atoms with Crippen LogP contribution in [0.3, 0.4) is 0 Å². The highest BCUT2D eigenvalue weighted by atomic mass is 16.5. The van der Waals surface area contributed by atoms with Gasteiger partial charge in [0.25, 0.3) is 0 Å². The minimum Gasteiger partial charge on any atom is -0.497 e. The van der Waals surface area contributed by atoms with Crippen molar-refractivity contribution < 1.29 is 4.74 Å². The highest BCUT2D eigenvalue weighted by Crippen LogP contribution is 2.28. The number of likely N-dealkylation sites (N-methyl/N-ethyl adjacent to an activating group) is 2. The third-order valence-electron chi connectivity index (χ3n) is 4.01. The van der Waals surface area contributed by atoms with Crippen molar-refractivity contribution in [3.05, 3.63) is 11.8 Å². The van der Waals surface area contributed by atoms with Gasteiger partial charge in [0.2, 0.25) is 0 Å². The van der Waals surface area contributed by atoms with E-state index in [9.17, 15) is 0 Å². The van der Waals surface area contributed by atoms with Crippen LogP contribution in [0, 0.1) is 0 Å². The van der Waals surface area contributed by atoms with Crippen LogP contribution in [-0.2, 0) is 4.74 Å². The fourth-order valence-corrected chi connectivity index (χ4v) is 2.39. The molecule has 0 saturated carbocycles. The highest BCUT2D eigenvalue weighted by Gasteiger charge is 2.37. The average molecular weight is 240 g/mol. The van der Waals surface area contributed by atoms with E-state index in [1.165, 1.54) is 0 Å². The number of hydrogen-bond donors (Lipinski definition) is 1. The molecule has 0 saturated heterocycles. The molecule has 0 aromatic heterocycles. The third kappa shape index (κ3) is 3.23. The van der Waals surface area contributed by atoms with Crippen LogP contribution in [0.4, 0.5) is 0 Å². The molecular weight excluding hydrogens is 212 g/mol. The molecule has 0 fully saturated rings. The third-order valence-corrected chi connectivity index (χ3v) is 4.01. The van der Waals surface area contributed by atoms with E-state index in [0.717, 1.165) is 38.2 Å². The van der Waals surface area contributed by atoms with Crippen LogP contribution in [0.2, 0.25) is 0 Å². The molecule has 1 aliphatic heterocycles. The molecule has 0 aliphatic carbocycles. The first-order chi connectivity index (χ1) is 8.06. The van der Waals surface area contributed by atoms with Crippen LogP contribution >= 0.6 is 0 Å². The second kappa shape index (κ2) is 6.41. The lowest BCUT2D eigenvalue weighted by Crippen LogP contribution is -2.58. The summed E-state index contributed by atoms with van der Waals surface area (Å²) in [5.74, 6) is 1.14. The van der Waals surface area contributed by atoms with Gasteiger partial charge in [0.1, 0.15) is 5.76 Å². The Kier molecular flexibility index (Phi) is 5.47. The topological polar surface area (TPSA) is 24.5 Å². The zero-order valence-electron chi connectivity index (χ0n) is 12.0. The molecule has 0 bridgehead atoms. The van der Waals surface area contributed by atoms with Crippen molar-refractivity contribution in [3.8, 4) is 0 Å². The Morgan fingerprint density at radius 2 is 2.18 bits per heavy atom. The van der Waals surface area contributed by atoms with Gasteiger partial charge in [-0.2, -0.15) is 0 Å². The number of rotatable bonds is 6. The standard InChI is InChI=1S/C14H28N2O/c1-6-14(3,16(4)5)13(15-7-2)12-10-8-9-11-17-12/h10,13,15H,6-9,11H2,1-5H3. The first-order valence-electron chi connectivity index (χ1n) is 6.80. The fourth-order valence-electron chi connectivity index (χ4n) is 2.39. The SMILES string of the molecule is CCNC(C1=CCCCO1)C(C)(CC)N(C)C. The number of allylic oxidation sites excluding steroid dienone is 1. The molecule has 0 amide bonds. The summed E-state index contributed by atoms with van der Waals surface area (Å²) < 4.78 is 5.86. The summed E-state index contributed by atoms with van der Waals surface area (Å²) in [6.45, 7) is 8.53. The minimum atomic E-state index is 0.0964. The zero-order valence-corrected chi connectivity index (χ0v) is 12.0. The monoisotopic (exact) mass is 240 g/mol. The molecule has 3 nitrogen and oxygen atoms in total. The maximum absolute atomic E-state index is 5.86. The van der Waals surface area contributed by atoms with E-state index >= 15 is 0 Å². The summed E-state index contributed by atoms with van der Waals surface area (Å²) in [6, 6.07) is 0.285. The van der Waals surface area contributed by atoms with E-state index in [-0.39, 0.29) is 11.6 Å². The maximum Gasteiger partial charge on any atom is 0.111 e. The van der Waals surface area contributed by atoms with Crippen LogP contribution in [0.5, 0.6) is 0 Å². The van der Waals surface area contributed by atoms with Crippen molar-refractivity contribution >= 4 is 0 Å². The number of ether oxygens (including phenoxy) is 1. The van der Waals surface area contributed by atoms with Gasteiger partial charge in [-0.25, -0.2) is 0 Å². The first-order valence-corrected chi connectivity index (χ1v) is 6.80. The van der Waals surface area contributed by atoms with Crippen LogP contribution in [0.15, 0.2) is 11.8 Å². The molecular formula is C14H28N2O. The Morgan fingerprint density at radius 1 is 1.47 bits per heavy atom. The van der Waals surface area contributed by atoms with Crippen molar-refractivity contribution in [3.63, 3.8) is 0 Å². The van der Waals surface area contributed by atoms with Crippen LogP contribution in [-0.4, -0.2) is 43.7 Å². The molecule has 2 unspecified atom stereocenters. The molecule has 3 heteroatoms. The molecule has 0 aromatic carbocycles. The highest BCUT2D eigenvalue weighted by molar-refractivity contribution is 5.14. The van der Waals surface area contributed by atoms with Crippen molar-refractivity contribution in [2.75, 3.05) is 27.2 Å². The van der Waals surface area contributed by atoms with E-state index in [4.69, 9.17) is 4.74 Å². The first kappa shape index (κ1) is 14.5.